The second-order valence-electron chi connectivity index (χ2n) is 9.46. The summed E-state index contributed by atoms with van der Waals surface area (Å²) >= 11 is 0. The first kappa shape index (κ1) is 27.9. The van der Waals surface area contributed by atoms with Gasteiger partial charge in [0.05, 0.1) is 6.61 Å². The van der Waals surface area contributed by atoms with E-state index < -0.39 is 0 Å². The minimum absolute atomic E-state index is 0.00887. The summed E-state index contributed by atoms with van der Waals surface area (Å²) < 4.78 is 10.8. The normalized spacial score (nSPS) is 12.6. The van der Waals surface area contributed by atoms with Gasteiger partial charge >= 0.3 is 11.9 Å². The Balaban J connectivity index is 3.39. The summed E-state index contributed by atoms with van der Waals surface area (Å²) in [5.74, 6) is -0.136. The highest BCUT2D eigenvalue weighted by atomic mass is 16.5. The lowest BCUT2D eigenvalue weighted by Gasteiger charge is -2.26. The van der Waals surface area contributed by atoms with Crippen LogP contribution in [0.1, 0.15) is 131 Å². The van der Waals surface area contributed by atoms with Crippen LogP contribution >= 0.6 is 0 Å². The van der Waals surface area contributed by atoms with Crippen molar-refractivity contribution in [1.82, 2.24) is 0 Å². The predicted molar refractivity (Wildman–Crippen MR) is 121 cm³/mol. The van der Waals surface area contributed by atoms with Gasteiger partial charge in [-0.1, -0.05) is 91.9 Å². The predicted octanol–water partition coefficient (Wildman–Crippen LogP) is 7.38. The zero-order valence-electron chi connectivity index (χ0n) is 20.0. The summed E-state index contributed by atoms with van der Waals surface area (Å²) in [6.07, 6.45) is 15.8. The van der Waals surface area contributed by atoms with Crippen molar-refractivity contribution in [3.05, 3.63) is 0 Å². The SMILES string of the molecule is CCCCCCCCCOC(=O)CCCCCCCCC(=O)OC(C)C(C)(C)C. The molecular weight excluding hydrogens is 364 g/mol. The molecule has 0 aliphatic rings. The highest BCUT2D eigenvalue weighted by Crippen LogP contribution is 2.22. The van der Waals surface area contributed by atoms with E-state index in [1.54, 1.807) is 0 Å². The van der Waals surface area contributed by atoms with E-state index in [0.717, 1.165) is 44.9 Å². The van der Waals surface area contributed by atoms with Crippen LogP contribution in [0.5, 0.6) is 0 Å². The zero-order valence-corrected chi connectivity index (χ0v) is 20.0. The Bertz CT molecular complexity index is 412. The molecule has 0 rings (SSSR count). The molecule has 0 aromatic heterocycles. The van der Waals surface area contributed by atoms with Crippen LogP contribution in [0.2, 0.25) is 0 Å². The van der Waals surface area contributed by atoms with Crippen LogP contribution in [0.15, 0.2) is 0 Å². The molecule has 0 radical (unpaired) electrons. The lowest BCUT2D eigenvalue weighted by atomic mass is 9.90. The quantitative estimate of drug-likeness (QED) is 0.174. The molecule has 1 unspecified atom stereocenters. The Hall–Kier alpha value is -1.06. The molecule has 4 heteroatoms. The third kappa shape index (κ3) is 18.7. The fraction of sp³-hybridized carbons (Fsp3) is 0.920. The molecule has 0 spiro atoms. The summed E-state index contributed by atoms with van der Waals surface area (Å²) in [6, 6.07) is 0. The molecule has 0 N–H and O–H groups in total. The zero-order chi connectivity index (χ0) is 22.0. The molecule has 0 amide bonds. The maximum atomic E-state index is 11.8. The van der Waals surface area contributed by atoms with Gasteiger partial charge in [0.15, 0.2) is 0 Å². The molecule has 29 heavy (non-hydrogen) atoms. The highest BCUT2D eigenvalue weighted by Gasteiger charge is 2.23. The van der Waals surface area contributed by atoms with Gasteiger partial charge in [0.25, 0.3) is 0 Å². The largest absolute Gasteiger partial charge is 0.466 e. The van der Waals surface area contributed by atoms with E-state index in [4.69, 9.17) is 9.47 Å². The van der Waals surface area contributed by atoms with E-state index in [2.05, 4.69) is 27.7 Å². The van der Waals surface area contributed by atoms with Crippen LogP contribution in [0.25, 0.3) is 0 Å². The monoisotopic (exact) mass is 412 g/mol. The van der Waals surface area contributed by atoms with Crippen LogP contribution in [0.3, 0.4) is 0 Å². The molecule has 0 aromatic rings. The number of hydrogen-bond donors (Lipinski definition) is 0. The van der Waals surface area contributed by atoms with Crippen LogP contribution in [-0.2, 0) is 19.1 Å². The molecule has 0 saturated heterocycles. The van der Waals surface area contributed by atoms with E-state index >= 15 is 0 Å². The Labute approximate surface area is 180 Å². The van der Waals surface area contributed by atoms with Gasteiger partial charge in [-0.25, -0.2) is 0 Å². The van der Waals surface area contributed by atoms with Crippen molar-refractivity contribution in [2.75, 3.05) is 6.61 Å². The maximum absolute atomic E-state index is 11.8. The lowest BCUT2D eigenvalue weighted by Crippen LogP contribution is -2.28. The van der Waals surface area contributed by atoms with E-state index in [1.165, 1.54) is 38.5 Å². The lowest BCUT2D eigenvalue weighted by molar-refractivity contribution is -0.153. The van der Waals surface area contributed by atoms with Gasteiger partial charge in [0.2, 0.25) is 0 Å². The smallest absolute Gasteiger partial charge is 0.306 e. The Morgan fingerprint density at radius 2 is 1.14 bits per heavy atom. The number of carbonyl (C=O) groups is 2. The standard InChI is InChI=1S/C25H48O4/c1-6-7-8-9-12-15-18-21-28-23(26)19-16-13-10-11-14-17-20-24(27)29-22(2)25(3,4)5/h22H,6-21H2,1-5H3. The molecule has 1 atom stereocenters. The number of unbranched alkanes of at least 4 members (excludes halogenated alkanes) is 11. The number of carbonyl (C=O) groups excluding carboxylic acids is 2. The first-order valence-electron chi connectivity index (χ1n) is 12.1. The van der Waals surface area contributed by atoms with Gasteiger partial charge in [0.1, 0.15) is 6.10 Å². The number of hydrogen-bond acceptors (Lipinski definition) is 4. The van der Waals surface area contributed by atoms with Gasteiger partial charge < -0.3 is 9.47 Å². The van der Waals surface area contributed by atoms with Gasteiger partial charge in [0, 0.05) is 12.8 Å². The van der Waals surface area contributed by atoms with Gasteiger partial charge in [-0.3, -0.25) is 9.59 Å². The minimum Gasteiger partial charge on any atom is -0.466 e. The van der Waals surface area contributed by atoms with E-state index in [9.17, 15) is 9.59 Å². The molecule has 0 saturated carbocycles. The summed E-state index contributed by atoms with van der Waals surface area (Å²) in [4.78, 5) is 23.5. The molecule has 172 valence electrons. The van der Waals surface area contributed by atoms with Gasteiger partial charge in [-0.15, -0.1) is 0 Å². The van der Waals surface area contributed by atoms with Crippen molar-refractivity contribution >= 4 is 11.9 Å². The van der Waals surface area contributed by atoms with Gasteiger partial charge in [-0.05, 0) is 31.6 Å². The molecule has 0 aliphatic carbocycles. The molecular formula is C25H48O4. The van der Waals surface area contributed by atoms with Crippen molar-refractivity contribution in [1.29, 1.82) is 0 Å². The molecule has 0 bridgehead atoms. The number of rotatable bonds is 18. The molecule has 0 heterocycles. The molecule has 0 aliphatic heterocycles. The van der Waals surface area contributed by atoms with Crippen LogP contribution in [0, 0.1) is 5.41 Å². The third-order valence-corrected chi connectivity index (χ3v) is 5.55. The van der Waals surface area contributed by atoms with E-state index in [1.807, 2.05) is 6.92 Å². The first-order valence-corrected chi connectivity index (χ1v) is 12.1. The van der Waals surface area contributed by atoms with Crippen molar-refractivity contribution in [2.24, 2.45) is 5.41 Å². The van der Waals surface area contributed by atoms with Crippen LogP contribution in [0.4, 0.5) is 0 Å². The molecule has 0 aromatic carbocycles. The Morgan fingerprint density at radius 3 is 1.66 bits per heavy atom. The average Bonchev–Trinajstić information content (AvgIpc) is 2.65. The number of esters is 2. The maximum Gasteiger partial charge on any atom is 0.306 e. The molecule has 0 fully saturated rings. The number of ether oxygens (including phenoxy) is 2. The van der Waals surface area contributed by atoms with E-state index in [-0.39, 0.29) is 23.5 Å². The highest BCUT2D eigenvalue weighted by molar-refractivity contribution is 5.69. The Morgan fingerprint density at radius 1 is 0.690 bits per heavy atom. The molecule has 4 nitrogen and oxygen atoms in total. The summed E-state index contributed by atoms with van der Waals surface area (Å²) in [5, 5.41) is 0. The van der Waals surface area contributed by atoms with Crippen LogP contribution in [-0.4, -0.2) is 24.6 Å². The second kappa shape index (κ2) is 17.8. The first-order chi connectivity index (χ1) is 13.8. The summed E-state index contributed by atoms with van der Waals surface area (Å²) in [5.41, 5.74) is -0.00887. The fourth-order valence-corrected chi connectivity index (χ4v) is 3.00. The van der Waals surface area contributed by atoms with Crippen molar-refractivity contribution in [2.45, 2.75) is 137 Å². The van der Waals surface area contributed by atoms with Crippen molar-refractivity contribution in [3.8, 4) is 0 Å². The van der Waals surface area contributed by atoms with Gasteiger partial charge in [-0.2, -0.15) is 0 Å². The van der Waals surface area contributed by atoms with Crippen molar-refractivity contribution in [3.63, 3.8) is 0 Å². The van der Waals surface area contributed by atoms with E-state index in [0.29, 0.717) is 19.4 Å². The third-order valence-electron chi connectivity index (χ3n) is 5.55. The second-order valence-corrected chi connectivity index (χ2v) is 9.46. The summed E-state index contributed by atoms with van der Waals surface area (Å²) in [7, 11) is 0. The fourth-order valence-electron chi connectivity index (χ4n) is 3.00. The summed E-state index contributed by atoms with van der Waals surface area (Å²) in [6.45, 7) is 11.0. The minimum atomic E-state index is -0.0869. The Kier molecular flexibility index (Phi) is 17.1. The topological polar surface area (TPSA) is 52.6 Å². The van der Waals surface area contributed by atoms with Crippen LogP contribution < -0.4 is 0 Å². The average molecular weight is 413 g/mol. The van der Waals surface area contributed by atoms with Crippen molar-refractivity contribution < 1.29 is 19.1 Å².